The van der Waals surface area contributed by atoms with Gasteiger partial charge in [0.15, 0.2) is 34.8 Å². The number of halogens is 7. The van der Waals surface area contributed by atoms with Crippen molar-refractivity contribution in [3.63, 3.8) is 0 Å². The average Bonchev–Trinajstić information content (AvgIpc) is 2.56. The molecule has 2 aromatic carbocycles. The Bertz CT molecular complexity index is 837. The summed E-state index contributed by atoms with van der Waals surface area (Å²) in [6, 6.07) is 4.13. The minimum atomic E-state index is -5.63. The Kier molecular flexibility index (Phi) is 5.28. The van der Waals surface area contributed by atoms with Crippen molar-refractivity contribution in [3.8, 4) is 11.5 Å². The summed E-state index contributed by atoms with van der Waals surface area (Å²) in [5.74, 6) is -10.2. The Morgan fingerprint density at radius 3 is 2.12 bits per heavy atom. The van der Waals surface area contributed by atoms with Gasteiger partial charge in [0.05, 0.1) is 13.3 Å². The van der Waals surface area contributed by atoms with E-state index in [4.69, 9.17) is 4.74 Å². The Morgan fingerprint density at radius 2 is 1.62 bits per heavy atom. The van der Waals surface area contributed by atoms with Crippen LogP contribution in [0.4, 0.5) is 36.4 Å². The summed E-state index contributed by atoms with van der Waals surface area (Å²) in [5, 5.41) is 13.0. The van der Waals surface area contributed by atoms with E-state index in [0.717, 1.165) is 6.21 Å². The van der Waals surface area contributed by atoms with Crippen molar-refractivity contribution in [2.24, 2.45) is 5.10 Å². The van der Waals surface area contributed by atoms with Gasteiger partial charge in [-0.05, 0) is 12.1 Å². The van der Waals surface area contributed by atoms with Crippen LogP contribution in [-0.2, 0) is 6.18 Å². The Morgan fingerprint density at radius 1 is 1.04 bits per heavy atom. The largest absolute Gasteiger partial charge is 0.504 e. The summed E-state index contributed by atoms with van der Waals surface area (Å²) in [4.78, 5) is 0. The lowest BCUT2D eigenvalue weighted by Crippen LogP contribution is -2.16. The van der Waals surface area contributed by atoms with E-state index in [1.165, 1.54) is 25.3 Å². The predicted molar refractivity (Wildman–Crippen MR) is 77.2 cm³/mol. The Labute approximate surface area is 141 Å². The third-order valence-corrected chi connectivity index (χ3v) is 3.18. The van der Waals surface area contributed by atoms with Gasteiger partial charge in [-0.15, -0.1) is 0 Å². The van der Waals surface area contributed by atoms with E-state index in [9.17, 15) is 35.8 Å². The second-order valence-electron chi connectivity index (χ2n) is 4.77. The van der Waals surface area contributed by atoms with Gasteiger partial charge in [-0.1, -0.05) is 6.07 Å². The van der Waals surface area contributed by atoms with Gasteiger partial charge in [0.1, 0.15) is 11.3 Å². The van der Waals surface area contributed by atoms with Crippen LogP contribution in [0.15, 0.2) is 23.3 Å². The molecule has 26 heavy (non-hydrogen) atoms. The van der Waals surface area contributed by atoms with Crippen LogP contribution in [0.3, 0.4) is 0 Å². The van der Waals surface area contributed by atoms with E-state index < -0.39 is 46.4 Å². The van der Waals surface area contributed by atoms with Crippen LogP contribution in [0.1, 0.15) is 11.1 Å². The Hall–Kier alpha value is -2.98. The van der Waals surface area contributed by atoms with Gasteiger partial charge in [0.2, 0.25) is 0 Å². The molecule has 0 atom stereocenters. The molecule has 0 aliphatic carbocycles. The van der Waals surface area contributed by atoms with E-state index in [0.29, 0.717) is 0 Å². The average molecular weight is 382 g/mol. The van der Waals surface area contributed by atoms with Gasteiger partial charge in [-0.25, -0.2) is 17.6 Å². The number of ether oxygens (including phenoxy) is 1. The quantitative estimate of drug-likeness (QED) is 0.356. The first-order valence-corrected chi connectivity index (χ1v) is 6.67. The van der Waals surface area contributed by atoms with Crippen LogP contribution < -0.4 is 10.2 Å². The van der Waals surface area contributed by atoms with E-state index >= 15 is 0 Å². The molecule has 0 aliphatic heterocycles. The molecule has 4 nitrogen and oxygen atoms in total. The number of benzene rings is 2. The molecule has 2 N–H and O–H groups in total. The fraction of sp³-hybridized carbons (Fsp3) is 0.133. The number of anilines is 1. The summed E-state index contributed by atoms with van der Waals surface area (Å²) in [5.41, 5.74) is -2.68. The van der Waals surface area contributed by atoms with Crippen LogP contribution in [0, 0.1) is 23.3 Å². The zero-order valence-corrected chi connectivity index (χ0v) is 12.8. The zero-order valence-electron chi connectivity index (χ0n) is 12.8. The molecule has 0 saturated carbocycles. The molecule has 0 aromatic heterocycles. The third-order valence-electron chi connectivity index (χ3n) is 3.18. The molecular weight excluding hydrogens is 373 g/mol. The molecule has 0 amide bonds. The van der Waals surface area contributed by atoms with Crippen molar-refractivity contribution in [2.45, 2.75) is 6.18 Å². The fourth-order valence-electron chi connectivity index (χ4n) is 1.95. The molecular formula is C15H9F7N2O2. The summed E-state index contributed by atoms with van der Waals surface area (Å²) >= 11 is 0. The fourth-order valence-corrected chi connectivity index (χ4v) is 1.95. The summed E-state index contributed by atoms with van der Waals surface area (Å²) in [7, 11) is 1.26. The van der Waals surface area contributed by atoms with Crippen LogP contribution in [0.25, 0.3) is 0 Å². The van der Waals surface area contributed by atoms with E-state index in [2.05, 4.69) is 5.10 Å². The van der Waals surface area contributed by atoms with Crippen LogP contribution in [0.5, 0.6) is 11.5 Å². The molecule has 11 heteroatoms. The highest BCUT2D eigenvalue weighted by Gasteiger charge is 2.42. The SMILES string of the molecule is COc1cccc(C=NNc2c(F)c(F)c(C(F)(F)F)c(F)c2F)c1O. The van der Waals surface area contributed by atoms with Gasteiger partial charge in [-0.3, -0.25) is 5.43 Å². The molecule has 0 fully saturated rings. The first-order chi connectivity index (χ1) is 12.1. The number of phenols is 1. The lowest BCUT2D eigenvalue weighted by atomic mass is 10.1. The molecule has 0 saturated heterocycles. The number of hydrogen-bond acceptors (Lipinski definition) is 4. The smallest absolute Gasteiger partial charge is 0.422 e. The number of nitrogens with zero attached hydrogens (tertiary/aromatic N) is 1. The van der Waals surface area contributed by atoms with Crippen molar-refractivity contribution in [1.29, 1.82) is 0 Å². The van der Waals surface area contributed by atoms with Gasteiger partial charge >= 0.3 is 6.18 Å². The first kappa shape index (κ1) is 19.3. The lowest BCUT2D eigenvalue weighted by Gasteiger charge is -2.13. The minimum absolute atomic E-state index is 0.00878. The normalized spacial score (nSPS) is 11.8. The minimum Gasteiger partial charge on any atom is -0.504 e. The molecule has 0 aliphatic rings. The monoisotopic (exact) mass is 382 g/mol. The molecule has 2 rings (SSSR count). The highest BCUT2D eigenvalue weighted by molar-refractivity contribution is 5.85. The maximum Gasteiger partial charge on any atom is 0.422 e. The number of rotatable bonds is 4. The molecule has 2 aromatic rings. The van der Waals surface area contributed by atoms with Crippen LogP contribution in [-0.4, -0.2) is 18.4 Å². The number of nitrogens with one attached hydrogen (secondary N) is 1. The molecule has 0 radical (unpaired) electrons. The maximum atomic E-state index is 13.7. The topological polar surface area (TPSA) is 53.8 Å². The van der Waals surface area contributed by atoms with E-state index in [1.54, 1.807) is 5.43 Å². The molecule has 0 unspecified atom stereocenters. The van der Waals surface area contributed by atoms with Gasteiger partial charge in [0.25, 0.3) is 0 Å². The summed E-state index contributed by atoms with van der Waals surface area (Å²) < 4.78 is 96.5. The van der Waals surface area contributed by atoms with Crippen molar-refractivity contribution >= 4 is 11.9 Å². The zero-order chi connectivity index (χ0) is 19.6. The number of phenolic OH excluding ortho intramolecular Hbond substituents is 1. The molecule has 140 valence electrons. The van der Waals surface area contributed by atoms with Crippen molar-refractivity contribution in [3.05, 3.63) is 52.6 Å². The van der Waals surface area contributed by atoms with E-state index in [1.807, 2.05) is 0 Å². The second kappa shape index (κ2) is 7.10. The number of aromatic hydroxyl groups is 1. The highest BCUT2D eigenvalue weighted by Crippen LogP contribution is 2.38. The van der Waals surface area contributed by atoms with Crippen LogP contribution in [0.2, 0.25) is 0 Å². The third kappa shape index (κ3) is 3.51. The summed E-state index contributed by atoms with van der Waals surface area (Å²) in [6.45, 7) is 0. The first-order valence-electron chi connectivity index (χ1n) is 6.67. The van der Waals surface area contributed by atoms with Crippen molar-refractivity contribution in [2.75, 3.05) is 12.5 Å². The predicted octanol–water partition coefficient (Wildman–Crippen LogP) is 4.42. The van der Waals surface area contributed by atoms with Crippen molar-refractivity contribution in [1.82, 2.24) is 0 Å². The van der Waals surface area contributed by atoms with Gasteiger partial charge in [-0.2, -0.15) is 18.3 Å². The number of hydrogen-bond donors (Lipinski definition) is 2. The van der Waals surface area contributed by atoms with Gasteiger partial charge in [0, 0.05) is 5.56 Å². The highest BCUT2D eigenvalue weighted by atomic mass is 19.4. The number of para-hydroxylation sites is 1. The standard InChI is InChI=1S/C15H9F7N2O2/c1-26-7-4-2-3-6(14(7)25)5-23-24-13-11(18)9(16)8(15(20,21)22)10(17)12(13)19/h2-5,24-25H,1H3. The molecule has 0 spiro atoms. The summed E-state index contributed by atoms with van der Waals surface area (Å²) in [6.07, 6.45) is -4.83. The van der Waals surface area contributed by atoms with Crippen LogP contribution >= 0.6 is 0 Å². The van der Waals surface area contributed by atoms with Crippen molar-refractivity contribution < 1.29 is 40.6 Å². The lowest BCUT2D eigenvalue weighted by molar-refractivity contribution is -0.143. The molecule has 0 bridgehead atoms. The second-order valence-corrected chi connectivity index (χ2v) is 4.77. The van der Waals surface area contributed by atoms with Gasteiger partial charge < -0.3 is 9.84 Å². The van der Waals surface area contributed by atoms with E-state index in [-0.39, 0.29) is 11.3 Å². The molecule has 0 heterocycles. The number of alkyl halides is 3. The number of methoxy groups -OCH3 is 1. The Balaban J connectivity index is 2.40. The maximum absolute atomic E-state index is 13.7. The number of hydrazone groups is 1.